The van der Waals surface area contributed by atoms with Crippen molar-refractivity contribution in [1.29, 1.82) is 0 Å². The van der Waals surface area contributed by atoms with E-state index in [0.717, 1.165) is 18.6 Å². The van der Waals surface area contributed by atoms with Crippen LogP contribution in [0.5, 0.6) is 11.5 Å². The maximum atomic E-state index is 13.0. The molecule has 1 heterocycles. The lowest BCUT2D eigenvalue weighted by atomic mass is 10.0. The number of hydrogen-bond donors (Lipinski definition) is 1. The second-order valence-corrected chi connectivity index (χ2v) is 9.91. The molecular formula is C23H30N2O5S. The van der Waals surface area contributed by atoms with E-state index in [4.69, 9.17) is 9.47 Å². The van der Waals surface area contributed by atoms with Gasteiger partial charge in [0.1, 0.15) is 18.1 Å². The van der Waals surface area contributed by atoms with Gasteiger partial charge >= 0.3 is 0 Å². The molecule has 0 aromatic heterocycles. The van der Waals surface area contributed by atoms with E-state index in [1.54, 1.807) is 49.6 Å². The average molecular weight is 447 g/mol. The van der Waals surface area contributed by atoms with Gasteiger partial charge in [0.05, 0.1) is 18.0 Å². The Morgan fingerprint density at radius 3 is 2.42 bits per heavy atom. The number of nitrogens with one attached hydrogen (secondary N) is 1. The number of nitrogens with zero attached hydrogens (tertiary/aromatic N) is 1. The Bertz CT molecular complexity index is 983. The normalized spacial score (nSPS) is 16.5. The van der Waals surface area contributed by atoms with Crippen molar-refractivity contribution in [2.24, 2.45) is 5.92 Å². The minimum absolute atomic E-state index is 0.150. The first-order chi connectivity index (χ1) is 14.8. The Kier molecular flexibility index (Phi) is 7.56. The first-order valence-electron chi connectivity index (χ1n) is 10.5. The molecule has 1 amide bonds. The van der Waals surface area contributed by atoms with Gasteiger partial charge < -0.3 is 14.8 Å². The summed E-state index contributed by atoms with van der Waals surface area (Å²) in [5.41, 5.74) is 0.308. The van der Waals surface area contributed by atoms with Crippen LogP contribution < -0.4 is 14.8 Å². The van der Waals surface area contributed by atoms with Crippen molar-refractivity contribution < 1.29 is 22.7 Å². The molecule has 0 bridgehead atoms. The van der Waals surface area contributed by atoms with Crippen molar-refractivity contribution in [3.05, 3.63) is 54.1 Å². The zero-order chi connectivity index (χ0) is 22.4. The molecule has 1 N–H and O–H groups in total. The number of benzene rings is 2. The summed E-state index contributed by atoms with van der Waals surface area (Å²) in [4.78, 5) is 12.8. The monoisotopic (exact) mass is 446 g/mol. The molecule has 2 aromatic rings. The van der Waals surface area contributed by atoms with Crippen LogP contribution in [0.1, 0.15) is 37.0 Å². The van der Waals surface area contributed by atoms with E-state index in [1.165, 1.54) is 10.4 Å². The van der Waals surface area contributed by atoms with E-state index in [0.29, 0.717) is 30.3 Å². The molecule has 0 aliphatic carbocycles. The molecule has 1 unspecified atom stereocenters. The lowest BCUT2D eigenvalue weighted by Gasteiger charge is -2.29. The summed E-state index contributed by atoms with van der Waals surface area (Å²) in [6.45, 7) is 5.27. The van der Waals surface area contributed by atoms with Gasteiger partial charge in [-0.1, -0.05) is 13.0 Å². The first-order valence-corrected chi connectivity index (χ1v) is 11.9. The van der Waals surface area contributed by atoms with Gasteiger partial charge in [0, 0.05) is 18.7 Å². The molecule has 1 aliphatic heterocycles. The number of rotatable bonds is 8. The minimum atomic E-state index is -3.60. The highest BCUT2D eigenvalue weighted by molar-refractivity contribution is 7.89. The molecule has 0 radical (unpaired) electrons. The van der Waals surface area contributed by atoms with Gasteiger partial charge in [0.2, 0.25) is 10.0 Å². The van der Waals surface area contributed by atoms with Gasteiger partial charge in [-0.25, -0.2) is 8.42 Å². The molecule has 0 saturated carbocycles. The number of ether oxygens (including phenoxy) is 2. The Labute approximate surface area is 184 Å². The van der Waals surface area contributed by atoms with Crippen molar-refractivity contribution in [3.8, 4) is 11.5 Å². The fourth-order valence-electron chi connectivity index (χ4n) is 3.41. The maximum absolute atomic E-state index is 13.0. The van der Waals surface area contributed by atoms with Gasteiger partial charge in [-0.05, 0) is 68.1 Å². The zero-order valence-electron chi connectivity index (χ0n) is 18.2. The average Bonchev–Trinajstić information content (AvgIpc) is 2.78. The second-order valence-electron chi connectivity index (χ2n) is 7.98. The van der Waals surface area contributed by atoms with Crippen molar-refractivity contribution >= 4 is 15.9 Å². The third-order valence-corrected chi connectivity index (χ3v) is 7.31. The fourth-order valence-corrected chi connectivity index (χ4v) is 4.93. The SMILES string of the molecule is COc1ccc(OCC(C)NC(=O)c2cccc(S(=O)(=O)N3CCC(C)CC3)c2)cc1. The summed E-state index contributed by atoms with van der Waals surface area (Å²) < 4.78 is 38.2. The highest BCUT2D eigenvalue weighted by atomic mass is 32.2. The van der Waals surface area contributed by atoms with Crippen LogP contribution in [0.3, 0.4) is 0 Å². The predicted octanol–water partition coefficient (Wildman–Crippen LogP) is 3.31. The molecular weight excluding hydrogens is 416 g/mol. The maximum Gasteiger partial charge on any atom is 0.251 e. The highest BCUT2D eigenvalue weighted by Crippen LogP contribution is 2.24. The van der Waals surface area contributed by atoms with Crippen LogP contribution in [0.15, 0.2) is 53.4 Å². The third kappa shape index (κ3) is 5.98. The Balaban J connectivity index is 1.60. The number of carbonyl (C=O) groups is 1. The van der Waals surface area contributed by atoms with Gasteiger partial charge in [0.15, 0.2) is 0 Å². The van der Waals surface area contributed by atoms with E-state index in [2.05, 4.69) is 12.2 Å². The van der Waals surface area contributed by atoms with Crippen LogP contribution in [0, 0.1) is 5.92 Å². The number of methoxy groups -OCH3 is 1. The predicted molar refractivity (Wildman–Crippen MR) is 119 cm³/mol. The molecule has 168 valence electrons. The highest BCUT2D eigenvalue weighted by Gasteiger charge is 2.28. The first kappa shape index (κ1) is 23.1. The van der Waals surface area contributed by atoms with Crippen molar-refractivity contribution in [2.45, 2.75) is 37.6 Å². The van der Waals surface area contributed by atoms with Crippen LogP contribution in [-0.4, -0.2) is 51.5 Å². The smallest absolute Gasteiger partial charge is 0.251 e. The summed E-state index contributed by atoms with van der Waals surface area (Å²) in [5, 5.41) is 2.86. The molecule has 0 spiro atoms. The number of carbonyl (C=O) groups excluding carboxylic acids is 1. The molecule has 3 rings (SSSR count). The van der Waals surface area contributed by atoms with Gasteiger partial charge in [-0.2, -0.15) is 4.31 Å². The van der Waals surface area contributed by atoms with E-state index in [9.17, 15) is 13.2 Å². The molecule has 1 atom stereocenters. The minimum Gasteiger partial charge on any atom is -0.497 e. The van der Waals surface area contributed by atoms with E-state index in [1.807, 2.05) is 6.92 Å². The van der Waals surface area contributed by atoms with Gasteiger partial charge in [-0.3, -0.25) is 4.79 Å². The van der Waals surface area contributed by atoms with E-state index < -0.39 is 10.0 Å². The molecule has 31 heavy (non-hydrogen) atoms. The van der Waals surface area contributed by atoms with Crippen molar-refractivity contribution in [2.75, 3.05) is 26.8 Å². The van der Waals surface area contributed by atoms with Gasteiger partial charge in [0.25, 0.3) is 5.91 Å². The molecule has 1 fully saturated rings. The van der Waals surface area contributed by atoms with Crippen molar-refractivity contribution in [1.82, 2.24) is 9.62 Å². The number of sulfonamides is 1. The number of hydrogen-bond acceptors (Lipinski definition) is 5. The standard InChI is InChI=1S/C23H30N2O5S/c1-17-11-13-25(14-12-17)31(27,28)22-6-4-5-19(15-22)23(26)24-18(2)16-30-21-9-7-20(29-3)8-10-21/h4-10,15,17-18H,11-14,16H2,1-3H3,(H,24,26). The summed E-state index contributed by atoms with van der Waals surface area (Å²) in [6.07, 6.45) is 1.70. The number of piperidine rings is 1. The van der Waals surface area contributed by atoms with Crippen LogP contribution in [0.4, 0.5) is 0 Å². The number of amides is 1. The molecule has 2 aromatic carbocycles. The third-order valence-electron chi connectivity index (χ3n) is 5.41. The van der Waals surface area contributed by atoms with E-state index >= 15 is 0 Å². The topological polar surface area (TPSA) is 84.9 Å². The Morgan fingerprint density at radius 2 is 1.77 bits per heavy atom. The van der Waals surface area contributed by atoms with Crippen LogP contribution in [0.25, 0.3) is 0 Å². The molecule has 8 heteroatoms. The summed E-state index contributed by atoms with van der Waals surface area (Å²) in [7, 11) is -2.01. The molecule has 7 nitrogen and oxygen atoms in total. The zero-order valence-corrected chi connectivity index (χ0v) is 19.0. The largest absolute Gasteiger partial charge is 0.497 e. The summed E-state index contributed by atoms with van der Waals surface area (Å²) in [6, 6.07) is 13.1. The van der Waals surface area contributed by atoms with Crippen LogP contribution >= 0.6 is 0 Å². The Morgan fingerprint density at radius 1 is 1.13 bits per heavy atom. The molecule has 1 aliphatic rings. The lowest BCUT2D eigenvalue weighted by Crippen LogP contribution is -2.38. The fraction of sp³-hybridized carbons (Fsp3) is 0.435. The van der Waals surface area contributed by atoms with Crippen LogP contribution in [-0.2, 0) is 10.0 Å². The van der Waals surface area contributed by atoms with Gasteiger partial charge in [-0.15, -0.1) is 0 Å². The van der Waals surface area contributed by atoms with E-state index in [-0.39, 0.29) is 23.5 Å². The quantitative estimate of drug-likeness (QED) is 0.672. The Hall–Kier alpha value is -2.58. The molecule has 1 saturated heterocycles. The lowest BCUT2D eigenvalue weighted by molar-refractivity contribution is 0.0926. The summed E-state index contributed by atoms with van der Waals surface area (Å²) in [5.74, 6) is 1.61. The summed E-state index contributed by atoms with van der Waals surface area (Å²) >= 11 is 0. The van der Waals surface area contributed by atoms with Crippen molar-refractivity contribution in [3.63, 3.8) is 0 Å². The van der Waals surface area contributed by atoms with Crippen LogP contribution in [0.2, 0.25) is 0 Å². The second kappa shape index (κ2) is 10.2.